The number of ether oxygens (including phenoxy) is 1. The molecule has 5 nitrogen and oxygen atoms in total. The smallest absolute Gasteiger partial charge is 0.198 e. The number of ketones is 1. The molecule has 0 saturated heterocycles. The topological polar surface area (TPSA) is 70.1 Å². The summed E-state index contributed by atoms with van der Waals surface area (Å²) in [4.78, 5) is 12.3. The lowest BCUT2D eigenvalue weighted by Gasteiger charge is -2.03. The van der Waals surface area contributed by atoms with Crippen LogP contribution in [0, 0.1) is 0 Å². The van der Waals surface area contributed by atoms with Gasteiger partial charge >= 0.3 is 0 Å². The molecule has 92 valence electrons. The molecule has 0 aliphatic carbocycles. The highest BCUT2D eigenvalue weighted by molar-refractivity contribution is 6.11. The van der Waals surface area contributed by atoms with Crippen molar-refractivity contribution in [1.82, 2.24) is 9.78 Å². The van der Waals surface area contributed by atoms with Gasteiger partial charge in [-0.3, -0.25) is 9.48 Å². The lowest BCUT2D eigenvalue weighted by Crippen LogP contribution is -2.06. The van der Waals surface area contributed by atoms with Crippen LogP contribution in [0.15, 0.2) is 24.4 Å². The van der Waals surface area contributed by atoms with E-state index in [1.54, 1.807) is 13.1 Å². The number of hydrogen-bond acceptors (Lipinski definition) is 4. The van der Waals surface area contributed by atoms with Crippen molar-refractivity contribution < 1.29 is 9.53 Å². The van der Waals surface area contributed by atoms with E-state index < -0.39 is 0 Å². The maximum Gasteiger partial charge on any atom is 0.198 e. The van der Waals surface area contributed by atoms with E-state index in [-0.39, 0.29) is 5.78 Å². The second-order valence-electron chi connectivity index (χ2n) is 4.32. The van der Waals surface area contributed by atoms with Gasteiger partial charge in [-0.1, -0.05) is 0 Å². The molecule has 0 spiro atoms. The molecule has 0 saturated carbocycles. The van der Waals surface area contributed by atoms with Crippen molar-refractivity contribution in [3.8, 4) is 5.75 Å². The van der Waals surface area contributed by atoms with Crippen molar-refractivity contribution in [3.05, 3.63) is 41.1 Å². The van der Waals surface area contributed by atoms with Crippen LogP contribution in [0.5, 0.6) is 5.75 Å². The van der Waals surface area contributed by atoms with Gasteiger partial charge in [0.05, 0.1) is 18.4 Å². The second-order valence-corrected chi connectivity index (χ2v) is 4.32. The van der Waals surface area contributed by atoms with Gasteiger partial charge in [0.15, 0.2) is 5.78 Å². The molecule has 0 bridgehead atoms. The van der Waals surface area contributed by atoms with Crippen molar-refractivity contribution in [3.63, 3.8) is 0 Å². The van der Waals surface area contributed by atoms with Crippen LogP contribution in [0.25, 0.3) is 0 Å². The van der Waals surface area contributed by atoms with E-state index in [0.29, 0.717) is 23.6 Å². The fourth-order valence-electron chi connectivity index (χ4n) is 2.11. The van der Waals surface area contributed by atoms with E-state index in [2.05, 4.69) is 5.10 Å². The molecule has 2 aromatic rings. The molecule has 0 unspecified atom stereocenters. The standard InChI is InChI=1S/C13H13N3O2/c1-16-13(14)10(7-15-16)12(17)9-2-3-11-8(6-9)4-5-18-11/h2-3,6-7H,4-5,14H2,1H3. The van der Waals surface area contributed by atoms with Crippen LogP contribution in [0.1, 0.15) is 21.5 Å². The summed E-state index contributed by atoms with van der Waals surface area (Å²) in [6, 6.07) is 5.47. The summed E-state index contributed by atoms with van der Waals surface area (Å²) in [5.74, 6) is 1.15. The number of nitrogens with two attached hydrogens (primary N) is 1. The van der Waals surface area contributed by atoms with Gasteiger partial charge < -0.3 is 10.5 Å². The number of carbonyl (C=O) groups is 1. The number of aryl methyl sites for hydroxylation is 1. The van der Waals surface area contributed by atoms with E-state index in [9.17, 15) is 4.79 Å². The Morgan fingerprint density at radius 1 is 1.50 bits per heavy atom. The number of benzene rings is 1. The molecule has 3 rings (SSSR count). The molecular weight excluding hydrogens is 230 g/mol. The first-order valence-electron chi connectivity index (χ1n) is 5.74. The number of hydrogen-bond donors (Lipinski definition) is 1. The fourth-order valence-corrected chi connectivity index (χ4v) is 2.11. The van der Waals surface area contributed by atoms with E-state index >= 15 is 0 Å². The van der Waals surface area contributed by atoms with Gasteiger partial charge in [0.1, 0.15) is 11.6 Å². The number of fused-ring (bicyclic) bond motifs is 1. The summed E-state index contributed by atoms with van der Waals surface area (Å²) in [6.07, 6.45) is 2.35. The van der Waals surface area contributed by atoms with E-state index in [4.69, 9.17) is 10.5 Å². The Balaban J connectivity index is 2.00. The molecule has 1 aliphatic heterocycles. The Labute approximate surface area is 104 Å². The Morgan fingerprint density at radius 3 is 3.06 bits per heavy atom. The third kappa shape index (κ3) is 1.55. The molecule has 0 atom stereocenters. The Bertz CT molecular complexity index is 631. The minimum Gasteiger partial charge on any atom is -0.493 e. The Hall–Kier alpha value is -2.30. The van der Waals surface area contributed by atoms with Crippen molar-refractivity contribution >= 4 is 11.6 Å². The molecule has 2 heterocycles. The normalized spacial score (nSPS) is 13.2. The van der Waals surface area contributed by atoms with Crippen LogP contribution in [-0.2, 0) is 13.5 Å². The van der Waals surface area contributed by atoms with E-state index in [1.807, 2.05) is 12.1 Å². The molecule has 1 aliphatic rings. The maximum atomic E-state index is 12.3. The van der Waals surface area contributed by atoms with Gasteiger partial charge in [0.2, 0.25) is 0 Å². The van der Waals surface area contributed by atoms with Gasteiger partial charge in [0, 0.05) is 19.0 Å². The second kappa shape index (κ2) is 3.87. The number of carbonyl (C=O) groups excluding carboxylic acids is 1. The molecular formula is C13H13N3O2. The highest BCUT2D eigenvalue weighted by Crippen LogP contribution is 2.27. The average molecular weight is 243 g/mol. The van der Waals surface area contributed by atoms with Crippen LogP contribution in [0.4, 0.5) is 5.82 Å². The zero-order valence-electron chi connectivity index (χ0n) is 10.0. The highest BCUT2D eigenvalue weighted by atomic mass is 16.5. The average Bonchev–Trinajstić information content (AvgIpc) is 2.96. The van der Waals surface area contributed by atoms with Crippen molar-refractivity contribution in [2.45, 2.75) is 6.42 Å². The Kier molecular flexibility index (Phi) is 2.33. The quantitative estimate of drug-likeness (QED) is 0.804. The maximum absolute atomic E-state index is 12.3. The predicted molar refractivity (Wildman–Crippen MR) is 66.7 cm³/mol. The number of anilines is 1. The summed E-state index contributed by atoms with van der Waals surface area (Å²) < 4.78 is 6.90. The zero-order valence-corrected chi connectivity index (χ0v) is 10.0. The first kappa shape index (κ1) is 10.8. The summed E-state index contributed by atoms with van der Waals surface area (Å²) >= 11 is 0. The molecule has 1 aromatic heterocycles. The number of nitrogen functional groups attached to an aromatic ring is 1. The molecule has 0 fully saturated rings. The lowest BCUT2D eigenvalue weighted by molar-refractivity contribution is 0.103. The number of rotatable bonds is 2. The predicted octanol–water partition coefficient (Wildman–Crippen LogP) is 1.17. The number of nitrogens with zero attached hydrogens (tertiary/aromatic N) is 2. The Morgan fingerprint density at radius 2 is 2.33 bits per heavy atom. The summed E-state index contributed by atoms with van der Waals surface area (Å²) in [5.41, 5.74) is 7.95. The van der Waals surface area contributed by atoms with Crippen LogP contribution in [-0.4, -0.2) is 22.2 Å². The van der Waals surface area contributed by atoms with Crippen molar-refractivity contribution in [2.75, 3.05) is 12.3 Å². The molecule has 2 N–H and O–H groups in total. The lowest BCUT2D eigenvalue weighted by atomic mass is 10.0. The SMILES string of the molecule is Cn1ncc(C(=O)c2ccc3c(c2)CCO3)c1N. The monoisotopic (exact) mass is 243 g/mol. The highest BCUT2D eigenvalue weighted by Gasteiger charge is 2.19. The van der Waals surface area contributed by atoms with Crippen LogP contribution >= 0.6 is 0 Å². The van der Waals surface area contributed by atoms with Gasteiger partial charge in [-0.05, 0) is 23.8 Å². The first-order chi connectivity index (χ1) is 8.66. The minimum atomic E-state index is -0.102. The summed E-state index contributed by atoms with van der Waals surface area (Å²) in [7, 11) is 1.71. The molecule has 18 heavy (non-hydrogen) atoms. The molecule has 5 heteroatoms. The van der Waals surface area contributed by atoms with Crippen LogP contribution < -0.4 is 10.5 Å². The molecule has 0 amide bonds. The third-order valence-electron chi connectivity index (χ3n) is 3.18. The summed E-state index contributed by atoms with van der Waals surface area (Å²) in [6.45, 7) is 0.683. The van der Waals surface area contributed by atoms with Crippen molar-refractivity contribution in [1.29, 1.82) is 0 Å². The van der Waals surface area contributed by atoms with Gasteiger partial charge in [-0.2, -0.15) is 5.10 Å². The molecule has 1 aromatic carbocycles. The van der Waals surface area contributed by atoms with E-state index in [1.165, 1.54) is 10.9 Å². The first-order valence-corrected chi connectivity index (χ1v) is 5.74. The minimum absolute atomic E-state index is 0.102. The van der Waals surface area contributed by atoms with E-state index in [0.717, 1.165) is 17.7 Å². The zero-order chi connectivity index (χ0) is 12.7. The van der Waals surface area contributed by atoms with Crippen LogP contribution in [0.3, 0.4) is 0 Å². The van der Waals surface area contributed by atoms with Gasteiger partial charge in [0.25, 0.3) is 0 Å². The largest absolute Gasteiger partial charge is 0.493 e. The summed E-state index contributed by atoms with van der Waals surface area (Å²) in [5, 5.41) is 3.98. The fraction of sp³-hybridized carbons (Fsp3) is 0.231. The van der Waals surface area contributed by atoms with Crippen molar-refractivity contribution in [2.24, 2.45) is 7.05 Å². The van der Waals surface area contributed by atoms with Gasteiger partial charge in [-0.25, -0.2) is 0 Å². The third-order valence-corrected chi connectivity index (χ3v) is 3.18. The van der Waals surface area contributed by atoms with Crippen LogP contribution in [0.2, 0.25) is 0 Å². The number of aromatic nitrogens is 2. The molecule has 0 radical (unpaired) electrons. The van der Waals surface area contributed by atoms with Gasteiger partial charge in [-0.15, -0.1) is 0 Å².